The van der Waals surface area contributed by atoms with E-state index in [0.29, 0.717) is 13.1 Å². The third-order valence-corrected chi connectivity index (χ3v) is 4.52. The predicted molar refractivity (Wildman–Crippen MR) is 93.0 cm³/mol. The van der Waals surface area contributed by atoms with Gasteiger partial charge in [0.25, 0.3) is 0 Å². The smallest absolute Gasteiger partial charge is 0.0857 e. The number of hydrogen-bond donors (Lipinski definition) is 3. The number of aromatic nitrogens is 1. The third-order valence-electron chi connectivity index (χ3n) is 3.54. The maximum absolute atomic E-state index is 10.1. The SMILES string of the molecule is NNCC(O)Cn1c2ccc(Br)cc2c2cc(Br)ccc21. The second-order valence-corrected chi connectivity index (χ2v) is 6.83. The van der Waals surface area contributed by atoms with Crippen LogP contribution in [0.25, 0.3) is 21.8 Å². The Kier molecular flexibility index (Phi) is 4.33. The molecule has 4 N–H and O–H groups in total. The van der Waals surface area contributed by atoms with Gasteiger partial charge in [0, 0.05) is 37.3 Å². The van der Waals surface area contributed by atoms with Crippen LogP contribution in [-0.4, -0.2) is 22.3 Å². The first-order valence-electron chi connectivity index (χ1n) is 6.58. The van der Waals surface area contributed by atoms with Gasteiger partial charge in [-0.15, -0.1) is 0 Å². The average Bonchev–Trinajstić information content (AvgIpc) is 2.72. The molecule has 4 nitrogen and oxygen atoms in total. The molecule has 0 saturated heterocycles. The third kappa shape index (κ3) is 2.86. The van der Waals surface area contributed by atoms with Crippen LogP contribution in [0.5, 0.6) is 0 Å². The number of nitrogens with two attached hydrogens (primary N) is 1. The minimum Gasteiger partial charge on any atom is -0.390 e. The number of nitrogens with one attached hydrogen (secondary N) is 1. The molecule has 0 aliphatic heterocycles. The number of benzene rings is 2. The van der Waals surface area contributed by atoms with Gasteiger partial charge in [-0.25, -0.2) is 0 Å². The van der Waals surface area contributed by atoms with Crippen LogP contribution < -0.4 is 11.3 Å². The number of hydrogen-bond acceptors (Lipinski definition) is 3. The Hall–Kier alpha value is -0.920. The van der Waals surface area contributed by atoms with Crippen LogP contribution in [0.1, 0.15) is 0 Å². The summed E-state index contributed by atoms with van der Waals surface area (Å²) in [5.41, 5.74) is 4.71. The van der Waals surface area contributed by atoms with Crippen molar-refractivity contribution in [2.75, 3.05) is 6.54 Å². The number of fused-ring (bicyclic) bond motifs is 3. The minimum atomic E-state index is -0.541. The van der Waals surface area contributed by atoms with Gasteiger partial charge >= 0.3 is 0 Å². The molecule has 3 aromatic rings. The molecule has 3 rings (SSSR count). The van der Waals surface area contributed by atoms with Crippen LogP contribution >= 0.6 is 31.9 Å². The van der Waals surface area contributed by atoms with Crippen molar-refractivity contribution in [2.45, 2.75) is 12.6 Å². The van der Waals surface area contributed by atoms with Crippen LogP contribution in [0.3, 0.4) is 0 Å². The van der Waals surface area contributed by atoms with Crippen LogP contribution in [0.2, 0.25) is 0 Å². The van der Waals surface area contributed by atoms with Gasteiger partial charge in [0.1, 0.15) is 0 Å². The van der Waals surface area contributed by atoms with Gasteiger partial charge in [-0.1, -0.05) is 31.9 Å². The molecule has 1 aromatic heterocycles. The zero-order chi connectivity index (χ0) is 15.0. The Balaban J connectivity index is 2.24. The lowest BCUT2D eigenvalue weighted by atomic mass is 10.2. The number of halogens is 2. The van der Waals surface area contributed by atoms with Gasteiger partial charge in [-0.3, -0.25) is 11.3 Å². The van der Waals surface area contributed by atoms with E-state index in [9.17, 15) is 5.11 Å². The molecule has 110 valence electrons. The van der Waals surface area contributed by atoms with Gasteiger partial charge in [-0.05, 0) is 36.4 Å². The molecule has 0 spiro atoms. The maximum atomic E-state index is 10.1. The monoisotopic (exact) mass is 411 g/mol. The number of hydrazine groups is 1. The van der Waals surface area contributed by atoms with Crippen molar-refractivity contribution in [2.24, 2.45) is 5.84 Å². The summed E-state index contributed by atoms with van der Waals surface area (Å²) in [5, 5.41) is 12.4. The number of aliphatic hydroxyl groups excluding tert-OH is 1. The van der Waals surface area contributed by atoms with E-state index < -0.39 is 6.10 Å². The second kappa shape index (κ2) is 6.06. The molecule has 0 bridgehead atoms. The van der Waals surface area contributed by atoms with Crippen LogP contribution in [0.4, 0.5) is 0 Å². The van der Waals surface area contributed by atoms with Crippen molar-refractivity contribution in [3.05, 3.63) is 45.3 Å². The lowest BCUT2D eigenvalue weighted by molar-refractivity contribution is 0.155. The van der Waals surface area contributed by atoms with E-state index in [0.717, 1.165) is 30.8 Å². The fourth-order valence-electron chi connectivity index (χ4n) is 2.66. The summed E-state index contributed by atoms with van der Waals surface area (Å²) >= 11 is 7.05. The summed E-state index contributed by atoms with van der Waals surface area (Å²) in [6.45, 7) is 0.849. The molecule has 21 heavy (non-hydrogen) atoms. The molecule has 0 aliphatic carbocycles. The highest BCUT2D eigenvalue weighted by Crippen LogP contribution is 2.33. The Morgan fingerprint density at radius 2 is 1.57 bits per heavy atom. The highest BCUT2D eigenvalue weighted by atomic mass is 79.9. The first kappa shape index (κ1) is 15.0. The fourth-order valence-corrected chi connectivity index (χ4v) is 3.38. The summed E-state index contributed by atoms with van der Waals surface area (Å²) < 4.78 is 4.21. The number of rotatable bonds is 4. The van der Waals surface area contributed by atoms with E-state index in [1.807, 2.05) is 12.1 Å². The van der Waals surface area contributed by atoms with Gasteiger partial charge in [0.2, 0.25) is 0 Å². The minimum absolute atomic E-state index is 0.355. The molecule has 0 saturated carbocycles. The van der Waals surface area contributed by atoms with Crippen LogP contribution in [-0.2, 0) is 6.54 Å². The predicted octanol–water partition coefficient (Wildman–Crippen LogP) is 3.14. The van der Waals surface area contributed by atoms with Crippen molar-refractivity contribution < 1.29 is 5.11 Å². The Morgan fingerprint density at radius 3 is 2.05 bits per heavy atom. The van der Waals surface area contributed by atoms with E-state index in [1.165, 1.54) is 0 Å². The lowest BCUT2D eigenvalue weighted by Gasteiger charge is -2.13. The summed E-state index contributed by atoms with van der Waals surface area (Å²) in [4.78, 5) is 0. The summed E-state index contributed by atoms with van der Waals surface area (Å²) in [5.74, 6) is 5.29. The van der Waals surface area contributed by atoms with E-state index >= 15 is 0 Å². The Morgan fingerprint density at radius 1 is 1.05 bits per heavy atom. The molecular weight excluding hydrogens is 398 g/mol. The molecule has 1 heterocycles. The maximum Gasteiger partial charge on any atom is 0.0857 e. The molecule has 2 aromatic carbocycles. The standard InChI is InChI=1S/C15H15Br2N3O/c16-9-1-3-14-12(5-9)13-6-10(17)2-4-15(13)20(14)8-11(21)7-19-18/h1-6,11,19,21H,7-8,18H2. The first-order valence-corrected chi connectivity index (χ1v) is 8.17. The quantitative estimate of drug-likeness (QED) is 0.455. The van der Waals surface area contributed by atoms with Gasteiger partial charge in [0.15, 0.2) is 0 Å². The van der Waals surface area contributed by atoms with Crippen molar-refractivity contribution in [1.29, 1.82) is 0 Å². The van der Waals surface area contributed by atoms with E-state index in [2.05, 4.69) is 66.1 Å². The van der Waals surface area contributed by atoms with E-state index in [1.54, 1.807) is 0 Å². The summed E-state index contributed by atoms with van der Waals surface area (Å²) in [6.07, 6.45) is -0.541. The molecule has 0 radical (unpaired) electrons. The zero-order valence-electron chi connectivity index (χ0n) is 11.2. The van der Waals surface area contributed by atoms with Gasteiger partial charge in [-0.2, -0.15) is 0 Å². The molecule has 0 aliphatic rings. The topological polar surface area (TPSA) is 63.2 Å². The number of nitrogens with zero attached hydrogens (tertiary/aromatic N) is 1. The number of aliphatic hydroxyl groups is 1. The van der Waals surface area contributed by atoms with Crippen molar-refractivity contribution in [3.63, 3.8) is 0 Å². The zero-order valence-corrected chi connectivity index (χ0v) is 14.4. The Bertz CT molecular complexity index is 741. The Labute approximate surface area is 139 Å². The van der Waals surface area contributed by atoms with Gasteiger partial charge < -0.3 is 9.67 Å². The largest absolute Gasteiger partial charge is 0.390 e. The van der Waals surface area contributed by atoms with Gasteiger partial charge in [0.05, 0.1) is 12.6 Å². The van der Waals surface area contributed by atoms with Crippen LogP contribution in [0.15, 0.2) is 45.3 Å². The fraction of sp³-hybridized carbons (Fsp3) is 0.200. The molecule has 1 unspecified atom stereocenters. The van der Waals surface area contributed by atoms with Crippen molar-refractivity contribution >= 4 is 53.7 Å². The lowest BCUT2D eigenvalue weighted by Crippen LogP contribution is -2.34. The first-order chi connectivity index (χ1) is 10.1. The highest BCUT2D eigenvalue weighted by Gasteiger charge is 2.14. The summed E-state index contributed by atoms with van der Waals surface area (Å²) in [6, 6.07) is 12.4. The van der Waals surface area contributed by atoms with E-state index in [4.69, 9.17) is 5.84 Å². The molecule has 0 amide bonds. The average molecular weight is 413 g/mol. The second-order valence-electron chi connectivity index (χ2n) is 5.00. The normalized spacial score (nSPS) is 13.1. The van der Waals surface area contributed by atoms with Crippen LogP contribution in [0, 0.1) is 0 Å². The molecule has 0 fully saturated rings. The molecule has 1 atom stereocenters. The molecular formula is C15H15Br2N3O. The van der Waals surface area contributed by atoms with Crippen molar-refractivity contribution in [1.82, 2.24) is 9.99 Å². The molecule has 6 heteroatoms. The summed E-state index contributed by atoms with van der Waals surface area (Å²) in [7, 11) is 0. The van der Waals surface area contributed by atoms with E-state index in [-0.39, 0.29) is 0 Å². The van der Waals surface area contributed by atoms with Crippen molar-refractivity contribution in [3.8, 4) is 0 Å². The highest BCUT2D eigenvalue weighted by molar-refractivity contribution is 9.10.